The van der Waals surface area contributed by atoms with Crippen LogP contribution in [0.25, 0.3) is 64.1 Å². The molecule has 10 aromatic rings. The number of pyridine rings is 6. The number of aryl methyl sites for hydroxylation is 4. The van der Waals surface area contributed by atoms with Crippen molar-refractivity contribution in [1.29, 1.82) is 0 Å². The fourth-order valence-electron chi connectivity index (χ4n) is 7.06. The number of rotatable bonds is 5. The van der Waals surface area contributed by atoms with E-state index in [-0.39, 0.29) is 19.5 Å². The van der Waals surface area contributed by atoms with Crippen LogP contribution in [0.5, 0.6) is 0 Å². The first-order chi connectivity index (χ1) is 30.4. The molecule has 9 aromatic heterocycles. The molecule has 0 saturated heterocycles. The van der Waals surface area contributed by atoms with Crippen molar-refractivity contribution in [2.45, 2.75) is 34.1 Å². The van der Waals surface area contributed by atoms with E-state index >= 15 is 0 Å². The van der Waals surface area contributed by atoms with Crippen LogP contribution in [-0.2, 0) is 25.9 Å². The smallest absolute Gasteiger partial charge is 0.0986 e. The van der Waals surface area contributed by atoms with Gasteiger partial charge < -0.3 is 0 Å². The van der Waals surface area contributed by atoms with Crippen molar-refractivity contribution >= 4 is 88.9 Å². The van der Waals surface area contributed by atoms with Crippen LogP contribution in [0.4, 0.5) is 5.69 Å². The SMILES string of the molecule is Cc1ccnc(-c2cc(C)ccn2)c1.Cc1ccnc(-c2cc(C)ccn2)c1.ClCl.[Ru].c1csc(-c2ccc(-c3ccc(C4=Nc5c(c6cccnc6c6ncccc56)C4)s3)s2)c1. The summed E-state index contributed by atoms with van der Waals surface area (Å²) in [5.41, 5.74) is 13.9. The first kappa shape index (κ1) is 45.6. The molecule has 0 aliphatic carbocycles. The van der Waals surface area contributed by atoms with E-state index in [1.165, 1.54) is 52.2 Å². The van der Waals surface area contributed by atoms with Crippen LogP contribution in [0.3, 0.4) is 0 Å². The first-order valence-electron chi connectivity index (χ1n) is 19.7. The van der Waals surface area contributed by atoms with E-state index < -0.39 is 0 Å². The summed E-state index contributed by atoms with van der Waals surface area (Å²) in [6, 6.07) is 37.6. The molecule has 0 fully saturated rings. The van der Waals surface area contributed by atoms with Gasteiger partial charge >= 0.3 is 0 Å². The van der Waals surface area contributed by atoms with Gasteiger partial charge in [0.1, 0.15) is 0 Å². The third-order valence-corrected chi connectivity index (χ3v) is 13.5. The minimum Gasteiger partial charge on any atom is -0.255 e. The second-order valence-corrected chi connectivity index (χ2v) is 17.7. The number of benzene rings is 1. The number of fused-ring (bicyclic) bond motifs is 6. The molecule has 13 heteroatoms. The molecule has 0 unspecified atom stereocenters. The Morgan fingerprint density at radius 1 is 0.444 bits per heavy atom. The number of aliphatic imine (C=N–C) groups is 1. The van der Waals surface area contributed by atoms with Gasteiger partial charge in [0.25, 0.3) is 0 Å². The van der Waals surface area contributed by atoms with Gasteiger partial charge in [-0.3, -0.25) is 34.9 Å². The summed E-state index contributed by atoms with van der Waals surface area (Å²) in [5, 5.41) is 4.37. The Kier molecular flexibility index (Phi) is 15.4. The summed E-state index contributed by atoms with van der Waals surface area (Å²) in [5.74, 6) is 0. The van der Waals surface area contributed by atoms with Crippen LogP contribution in [0.1, 0.15) is 32.7 Å². The molecular formula is C50H39Cl2N7RuS3. The topological polar surface area (TPSA) is 89.7 Å². The van der Waals surface area contributed by atoms with Gasteiger partial charge in [-0.1, -0.05) is 12.1 Å². The van der Waals surface area contributed by atoms with Crippen LogP contribution in [-0.4, -0.2) is 35.6 Å². The van der Waals surface area contributed by atoms with Crippen molar-refractivity contribution in [3.05, 3.63) is 184 Å². The van der Waals surface area contributed by atoms with E-state index in [0.717, 1.165) is 62.4 Å². The Labute approximate surface area is 401 Å². The minimum absolute atomic E-state index is 0. The Morgan fingerprint density at radius 2 is 0.873 bits per heavy atom. The second kappa shape index (κ2) is 21.3. The van der Waals surface area contributed by atoms with Gasteiger partial charge in [-0.25, -0.2) is 0 Å². The van der Waals surface area contributed by atoms with Crippen LogP contribution < -0.4 is 0 Å². The van der Waals surface area contributed by atoms with E-state index in [0.29, 0.717) is 0 Å². The van der Waals surface area contributed by atoms with Crippen molar-refractivity contribution in [2.24, 2.45) is 4.99 Å². The average molecular weight is 1010 g/mol. The number of hydrogen-bond acceptors (Lipinski definition) is 10. The summed E-state index contributed by atoms with van der Waals surface area (Å²) < 4.78 is 0. The van der Waals surface area contributed by atoms with Gasteiger partial charge in [0.2, 0.25) is 0 Å². The quantitative estimate of drug-likeness (QED) is 0.126. The maximum absolute atomic E-state index is 5.12. The van der Waals surface area contributed by atoms with Gasteiger partial charge in [0.15, 0.2) is 0 Å². The predicted octanol–water partition coefficient (Wildman–Crippen LogP) is 14.9. The minimum atomic E-state index is 0. The third kappa shape index (κ3) is 10.7. The molecule has 1 aliphatic heterocycles. The van der Waals surface area contributed by atoms with Gasteiger partial charge in [0, 0.05) is 120 Å². The molecule has 0 radical (unpaired) electrons. The Morgan fingerprint density at radius 3 is 1.33 bits per heavy atom. The van der Waals surface area contributed by atoms with Crippen LogP contribution in [0.2, 0.25) is 0 Å². The third-order valence-electron chi connectivity index (χ3n) is 9.99. The second-order valence-electron chi connectivity index (χ2n) is 14.5. The molecule has 0 bridgehead atoms. The molecule has 10 heterocycles. The van der Waals surface area contributed by atoms with Crippen molar-refractivity contribution < 1.29 is 19.5 Å². The van der Waals surface area contributed by atoms with Crippen LogP contribution in [0, 0.1) is 27.7 Å². The van der Waals surface area contributed by atoms with Crippen molar-refractivity contribution in [1.82, 2.24) is 29.9 Å². The normalized spacial score (nSPS) is 11.2. The number of nitrogens with zero attached hydrogens (tertiary/aromatic N) is 7. The summed E-state index contributed by atoms with van der Waals surface area (Å²) >= 11 is 5.47. The fraction of sp³-hybridized carbons (Fsp3) is 0.100. The zero-order valence-electron chi connectivity index (χ0n) is 34.6. The summed E-state index contributed by atoms with van der Waals surface area (Å²) in [6.07, 6.45) is 11.8. The number of halogens is 2. The molecule has 0 saturated carbocycles. The summed E-state index contributed by atoms with van der Waals surface area (Å²) in [4.78, 5) is 38.0. The molecule has 7 nitrogen and oxygen atoms in total. The van der Waals surface area contributed by atoms with Crippen molar-refractivity contribution in [3.8, 4) is 42.3 Å². The maximum atomic E-state index is 5.12. The zero-order valence-corrected chi connectivity index (χ0v) is 40.3. The van der Waals surface area contributed by atoms with Crippen LogP contribution in [0.15, 0.2) is 157 Å². The number of hydrogen-bond donors (Lipinski definition) is 0. The monoisotopic (exact) mass is 1010 g/mol. The molecule has 63 heavy (non-hydrogen) atoms. The van der Waals surface area contributed by atoms with E-state index in [2.05, 4.69) is 133 Å². The zero-order chi connectivity index (χ0) is 43.0. The van der Waals surface area contributed by atoms with Gasteiger partial charge in [-0.2, -0.15) is 0 Å². The molecule has 1 aliphatic rings. The van der Waals surface area contributed by atoms with E-state index in [1.54, 1.807) is 11.3 Å². The fourth-order valence-corrected chi connectivity index (χ4v) is 9.98. The Bertz CT molecular complexity index is 2990. The number of thiophene rings is 3. The molecule has 0 spiro atoms. The van der Waals surface area contributed by atoms with Crippen molar-refractivity contribution in [2.75, 3.05) is 0 Å². The average Bonchev–Trinajstić information content (AvgIpc) is 4.15. The Hall–Kier alpha value is -5.39. The summed E-state index contributed by atoms with van der Waals surface area (Å²) in [7, 11) is 8.22. The molecule has 1 aromatic carbocycles. The van der Waals surface area contributed by atoms with E-state index in [1.807, 2.05) is 121 Å². The molecule has 0 N–H and O–H groups in total. The number of aromatic nitrogens is 6. The van der Waals surface area contributed by atoms with Gasteiger partial charge in [-0.15, -0.1) is 34.0 Å². The largest absolute Gasteiger partial charge is 0.255 e. The molecule has 314 valence electrons. The predicted molar refractivity (Wildman–Crippen MR) is 263 cm³/mol. The molecular weight excluding hydrogens is 967 g/mol. The Balaban J connectivity index is 0.000000160. The van der Waals surface area contributed by atoms with Crippen LogP contribution >= 0.6 is 55.7 Å². The van der Waals surface area contributed by atoms with Gasteiger partial charge in [-0.05, 0) is 158 Å². The van der Waals surface area contributed by atoms with E-state index in [4.69, 9.17) is 4.99 Å². The molecule has 11 rings (SSSR count). The maximum Gasteiger partial charge on any atom is 0.0986 e. The first-order valence-corrected chi connectivity index (χ1v) is 23.3. The van der Waals surface area contributed by atoms with Crippen molar-refractivity contribution in [3.63, 3.8) is 0 Å². The molecule has 0 atom stereocenters. The van der Waals surface area contributed by atoms with E-state index in [9.17, 15) is 0 Å². The standard InChI is InChI=1S/C26H15N3S3.2C12H12N2.Cl2.Ru/c1-4-15-17-14-18(29-24(17)16-5-2-12-28-26(16)25(15)27-11-1)19-7-8-22(31-19)23-10-9-21(32-23)20-6-3-13-30-20;2*1-9-3-5-13-11(7-9)12-8-10(2)4-6-14-12;1-2;/h1-13H,14H2;2*3-8H,1-2H3;;. The van der Waals surface area contributed by atoms with Gasteiger partial charge in [0.05, 0.1) is 45.2 Å². The molecule has 0 amide bonds. The summed E-state index contributed by atoms with van der Waals surface area (Å²) in [6.45, 7) is 8.23.